The van der Waals surface area contributed by atoms with Crippen molar-refractivity contribution < 1.29 is 4.79 Å². The van der Waals surface area contributed by atoms with Crippen LogP contribution in [0.3, 0.4) is 0 Å². The highest BCUT2D eigenvalue weighted by Crippen LogP contribution is 2.24. The fourth-order valence-electron chi connectivity index (χ4n) is 3.96. The highest BCUT2D eigenvalue weighted by atomic mass is 16.2. The molecule has 3 heterocycles. The van der Waals surface area contributed by atoms with E-state index in [-0.39, 0.29) is 6.03 Å². The van der Waals surface area contributed by atoms with Crippen LogP contribution in [0.5, 0.6) is 0 Å². The van der Waals surface area contributed by atoms with Gasteiger partial charge in [0.05, 0.1) is 0 Å². The maximum Gasteiger partial charge on any atom is 0.317 e. The summed E-state index contributed by atoms with van der Waals surface area (Å²) in [7, 11) is 0. The summed E-state index contributed by atoms with van der Waals surface area (Å²) in [4.78, 5) is 25.4. The lowest BCUT2D eigenvalue weighted by molar-refractivity contribution is 0.109. The molecule has 7 heteroatoms. The first-order chi connectivity index (χ1) is 12.8. The Hall–Kier alpha value is -2.41. The van der Waals surface area contributed by atoms with Crippen LogP contribution in [-0.2, 0) is 6.54 Å². The van der Waals surface area contributed by atoms with Gasteiger partial charge >= 0.3 is 6.03 Å². The number of hydrogen-bond donors (Lipinski definition) is 1. The van der Waals surface area contributed by atoms with Gasteiger partial charge in [-0.1, -0.05) is 12.8 Å². The molecule has 0 aromatic carbocycles. The van der Waals surface area contributed by atoms with Crippen molar-refractivity contribution in [3.05, 3.63) is 42.6 Å². The molecule has 1 aliphatic heterocycles. The van der Waals surface area contributed by atoms with Gasteiger partial charge in [-0.05, 0) is 30.5 Å². The average molecular weight is 354 g/mol. The standard InChI is InChI=1S/C19H26N6O/c26-19(24-11-9-23(10-12-24)17-3-1-2-4-17)22-14-16-5-6-21-18(13-16)25-8-7-20-15-25/h5-8,13,15,17H,1-4,9-12,14H2,(H,22,26). The van der Waals surface area contributed by atoms with Gasteiger partial charge < -0.3 is 10.2 Å². The number of pyridine rings is 1. The van der Waals surface area contributed by atoms with Crippen molar-refractivity contribution in [1.29, 1.82) is 0 Å². The first kappa shape index (κ1) is 17.0. The highest BCUT2D eigenvalue weighted by Gasteiger charge is 2.27. The molecule has 7 nitrogen and oxygen atoms in total. The zero-order valence-corrected chi connectivity index (χ0v) is 15.0. The fraction of sp³-hybridized carbons (Fsp3) is 0.526. The number of piperazine rings is 1. The third kappa shape index (κ3) is 3.88. The number of carbonyl (C=O) groups is 1. The molecule has 138 valence electrons. The quantitative estimate of drug-likeness (QED) is 0.912. The van der Waals surface area contributed by atoms with Crippen molar-refractivity contribution in [2.24, 2.45) is 0 Å². The molecular formula is C19H26N6O. The van der Waals surface area contributed by atoms with Crippen molar-refractivity contribution in [2.75, 3.05) is 26.2 Å². The van der Waals surface area contributed by atoms with E-state index in [0.717, 1.165) is 43.6 Å². The Morgan fingerprint density at radius 3 is 2.69 bits per heavy atom. The minimum Gasteiger partial charge on any atom is -0.334 e. The molecule has 2 fully saturated rings. The van der Waals surface area contributed by atoms with Gasteiger partial charge in [0.1, 0.15) is 12.1 Å². The number of rotatable bonds is 4. The molecule has 1 saturated carbocycles. The maximum absolute atomic E-state index is 12.5. The molecule has 2 aromatic heterocycles. The molecule has 4 rings (SSSR count). The van der Waals surface area contributed by atoms with Crippen LogP contribution >= 0.6 is 0 Å². The van der Waals surface area contributed by atoms with E-state index in [2.05, 4.69) is 20.2 Å². The van der Waals surface area contributed by atoms with Crippen molar-refractivity contribution in [1.82, 2.24) is 29.7 Å². The van der Waals surface area contributed by atoms with Gasteiger partial charge in [0.15, 0.2) is 0 Å². The monoisotopic (exact) mass is 354 g/mol. The molecule has 2 aromatic rings. The predicted octanol–water partition coefficient (Wildman–Crippen LogP) is 2.04. The summed E-state index contributed by atoms with van der Waals surface area (Å²) in [5.74, 6) is 0.805. The van der Waals surface area contributed by atoms with Crippen molar-refractivity contribution in [2.45, 2.75) is 38.3 Å². The van der Waals surface area contributed by atoms with E-state index in [9.17, 15) is 4.79 Å². The van der Waals surface area contributed by atoms with E-state index >= 15 is 0 Å². The third-order valence-corrected chi connectivity index (χ3v) is 5.47. The summed E-state index contributed by atoms with van der Waals surface area (Å²) in [6.45, 7) is 4.14. The van der Waals surface area contributed by atoms with E-state index in [1.54, 1.807) is 18.7 Å². The predicted molar refractivity (Wildman–Crippen MR) is 99.0 cm³/mol. The molecule has 26 heavy (non-hydrogen) atoms. The number of amides is 2. The first-order valence-corrected chi connectivity index (χ1v) is 9.50. The molecular weight excluding hydrogens is 328 g/mol. The third-order valence-electron chi connectivity index (χ3n) is 5.47. The summed E-state index contributed by atoms with van der Waals surface area (Å²) in [5.41, 5.74) is 1.03. The van der Waals surface area contributed by atoms with Crippen molar-refractivity contribution in [3.8, 4) is 5.82 Å². The number of carbonyl (C=O) groups excluding carboxylic acids is 1. The SMILES string of the molecule is O=C(NCc1ccnc(-n2ccnc2)c1)N1CCN(C2CCCC2)CC1. The van der Waals surface area contributed by atoms with Gasteiger partial charge in [-0.2, -0.15) is 0 Å². The second kappa shape index (κ2) is 7.86. The Morgan fingerprint density at radius 1 is 1.15 bits per heavy atom. The molecule has 2 aliphatic rings. The number of nitrogens with one attached hydrogen (secondary N) is 1. The van der Waals surface area contributed by atoms with Gasteiger partial charge in [0.25, 0.3) is 0 Å². The molecule has 0 unspecified atom stereocenters. The number of urea groups is 1. The Balaban J connectivity index is 1.27. The second-order valence-corrected chi connectivity index (χ2v) is 7.11. The summed E-state index contributed by atoms with van der Waals surface area (Å²) in [6, 6.07) is 4.68. The first-order valence-electron chi connectivity index (χ1n) is 9.50. The lowest BCUT2D eigenvalue weighted by Gasteiger charge is -2.38. The number of hydrogen-bond acceptors (Lipinski definition) is 4. The number of aromatic nitrogens is 3. The molecule has 1 saturated heterocycles. The summed E-state index contributed by atoms with van der Waals surface area (Å²) in [5, 5.41) is 3.04. The maximum atomic E-state index is 12.5. The van der Waals surface area contributed by atoms with Gasteiger partial charge in [0, 0.05) is 57.4 Å². The summed E-state index contributed by atoms with van der Waals surface area (Å²) in [6.07, 6.45) is 12.4. The molecule has 0 spiro atoms. The van der Waals surface area contributed by atoms with Crippen LogP contribution in [0.1, 0.15) is 31.2 Å². The van der Waals surface area contributed by atoms with Crippen molar-refractivity contribution in [3.63, 3.8) is 0 Å². The Morgan fingerprint density at radius 2 is 1.96 bits per heavy atom. The Kier molecular flexibility index (Phi) is 5.15. The van der Waals surface area contributed by atoms with E-state index < -0.39 is 0 Å². The van der Waals surface area contributed by atoms with Crippen LogP contribution in [0.25, 0.3) is 5.82 Å². The van der Waals surface area contributed by atoms with Gasteiger partial charge in [-0.3, -0.25) is 9.47 Å². The second-order valence-electron chi connectivity index (χ2n) is 7.11. The summed E-state index contributed by atoms with van der Waals surface area (Å²) < 4.78 is 1.85. The minimum absolute atomic E-state index is 0.0251. The van der Waals surface area contributed by atoms with E-state index in [4.69, 9.17) is 0 Å². The number of imidazole rings is 1. The average Bonchev–Trinajstić information content (AvgIpc) is 3.40. The van der Waals surface area contributed by atoms with Gasteiger partial charge in [-0.15, -0.1) is 0 Å². The van der Waals surface area contributed by atoms with E-state index in [1.807, 2.05) is 27.8 Å². The molecule has 2 amide bonds. The smallest absolute Gasteiger partial charge is 0.317 e. The zero-order valence-electron chi connectivity index (χ0n) is 15.0. The van der Waals surface area contributed by atoms with Crippen LogP contribution in [0.15, 0.2) is 37.1 Å². The van der Waals surface area contributed by atoms with Crippen molar-refractivity contribution >= 4 is 6.03 Å². The van der Waals surface area contributed by atoms with Crippen LogP contribution in [0.2, 0.25) is 0 Å². The lowest BCUT2D eigenvalue weighted by atomic mass is 10.2. The minimum atomic E-state index is 0.0251. The largest absolute Gasteiger partial charge is 0.334 e. The Labute approximate surface area is 154 Å². The lowest BCUT2D eigenvalue weighted by Crippen LogP contribution is -2.53. The molecule has 0 bridgehead atoms. The Bertz CT molecular complexity index is 717. The van der Waals surface area contributed by atoms with Crippen LogP contribution in [0, 0.1) is 0 Å². The van der Waals surface area contributed by atoms with Crippen LogP contribution < -0.4 is 5.32 Å². The molecule has 1 N–H and O–H groups in total. The molecule has 0 radical (unpaired) electrons. The van der Waals surface area contributed by atoms with Crippen LogP contribution in [-0.4, -0.2) is 62.6 Å². The van der Waals surface area contributed by atoms with Gasteiger partial charge in [0.2, 0.25) is 0 Å². The number of nitrogens with zero attached hydrogens (tertiary/aromatic N) is 5. The molecule has 1 aliphatic carbocycles. The highest BCUT2D eigenvalue weighted by molar-refractivity contribution is 5.74. The zero-order chi connectivity index (χ0) is 17.8. The summed E-state index contributed by atoms with van der Waals surface area (Å²) >= 11 is 0. The molecule has 0 atom stereocenters. The van der Waals surface area contributed by atoms with E-state index in [1.165, 1.54) is 25.7 Å². The van der Waals surface area contributed by atoms with Gasteiger partial charge in [-0.25, -0.2) is 14.8 Å². The van der Waals surface area contributed by atoms with Crippen LogP contribution in [0.4, 0.5) is 4.79 Å². The topological polar surface area (TPSA) is 66.3 Å². The van der Waals surface area contributed by atoms with E-state index in [0.29, 0.717) is 6.54 Å². The normalized spacial score (nSPS) is 19.0. The fourth-order valence-corrected chi connectivity index (χ4v) is 3.96.